The van der Waals surface area contributed by atoms with Crippen LogP contribution in [0.4, 0.5) is 0 Å². The zero-order valence-corrected chi connectivity index (χ0v) is 16.6. The fraction of sp³-hybridized carbons (Fsp3) is 0.500. The molecule has 25 heavy (non-hydrogen) atoms. The van der Waals surface area contributed by atoms with Crippen LogP contribution in [0.2, 0.25) is 0 Å². The molecule has 1 fully saturated rings. The van der Waals surface area contributed by atoms with Gasteiger partial charge in [-0.25, -0.2) is 0 Å². The molecule has 0 spiro atoms. The van der Waals surface area contributed by atoms with Crippen molar-refractivity contribution in [1.82, 2.24) is 19.7 Å². The summed E-state index contributed by atoms with van der Waals surface area (Å²) in [5.74, 6) is 2.16. The molecule has 0 aliphatic heterocycles. The molecule has 1 amide bonds. The maximum Gasteiger partial charge on any atom is 0.233 e. The van der Waals surface area contributed by atoms with Crippen LogP contribution in [0.25, 0.3) is 0 Å². The van der Waals surface area contributed by atoms with Gasteiger partial charge in [0.15, 0.2) is 5.16 Å². The Morgan fingerprint density at radius 3 is 2.60 bits per heavy atom. The lowest BCUT2D eigenvalue weighted by Crippen LogP contribution is -2.27. The minimum Gasteiger partial charge on any atom is -0.341 e. The second kappa shape index (κ2) is 8.27. The molecule has 1 aliphatic carbocycles. The molecule has 0 unspecified atom stereocenters. The Morgan fingerprint density at radius 1 is 1.28 bits per heavy atom. The van der Waals surface area contributed by atoms with E-state index in [1.54, 1.807) is 16.7 Å². The molecule has 134 valence electrons. The number of hydrogen-bond donors (Lipinski definition) is 0. The van der Waals surface area contributed by atoms with E-state index in [0.29, 0.717) is 18.2 Å². The molecule has 1 aromatic heterocycles. The van der Waals surface area contributed by atoms with Crippen LogP contribution in [0, 0.1) is 0 Å². The first kappa shape index (κ1) is 18.3. The normalized spacial score (nSPS) is 13.9. The van der Waals surface area contributed by atoms with E-state index in [4.69, 9.17) is 0 Å². The zero-order valence-electron chi connectivity index (χ0n) is 14.9. The Labute approximate surface area is 157 Å². The van der Waals surface area contributed by atoms with Crippen LogP contribution in [0.15, 0.2) is 34.3 Å². The molecule has 0 radical (unpaired) electrons. The molecule has 0 N–H and O–H groups in total. The first-order valence-electron chi connectivity index (χ1n) is 8.55. The molecular formula is C18H24N4OS2. The number of rotatable bonds is 8. The maximum absolute atomic E-state index is 12.4. The van der Waals surface area contributed by atoms with E-state index in [2.05, 4.69) is 52.2 Å². The van der Waals surface area contributed by atoms with E-state index in [1.165, 1.54) is 29.5 Å². The van der Waals surface area contributed by atoms with Crippen LogP contribution in [0.1, 0.15) is 37.1 Å². The van der Waals surface area contributed by atoms with Crippen molar-refractivity contribution in [3.8, 4) is 0 Å². The van der Waals surface area contributed by atoms with Crippen molar-refractivity contribution in [1.29, 1.82) is 0 Å². The van der Waals surface area contributed by atoms with E-state index in [9.17, 15) is 4.79 Å². The molecule has 0 atom stereocenters. The molecule has 1 heterocycles. The van der Waals surface area contributed by atoms with Crippen molar-refractivity contribution >= 4 is 29.4 Å². The van der Waals surface area contributed by atoms with Gasteiger partial charge in [0.25, 0.3) is 0 Å². The third-order valence-corrected chi connectivity index (χ3v) is 6.03. The summed E-state index contributed by atoms with van der Waals surface area (Å²) in [6, 6.07) is 8.35. The predicted octanol–water partition coefficient (Wildman–Crippen LogP) is 3.65. The van der Waals surface area contributed by atoms with Gasteiger partial charge in [0.2, 0.25) is 5.91 Å². The number of hydrogen-bond acceptors (Lipinski definition) is 5. The average Bonchev–Trinajstić information content (AvgIpc) is 3.40. The first-order chi connectivity index (χ1) is 12.1. The Balaban J connectivity index is 1.54. The second-order valence-electron chi connectivity index (χ2n) is 6.25. The number of nitrogens with zero attached hydrogens (tertiary/aromatic N) is 4. The number of aromatic nitrogens is 3. The lowest BCUT2D eigenvalue weighted by Gasteiger charge is -2.17. The number of amides is 1. The second-order valence-corrected chi connectivity index (χ2v) is 8.07. The highest BCUT2D eigenvalue weighted by Crippen LogP contribution is 2.39. The molecule has 1 saturated carbocycles. The number of benzene rings is 1. The monoisotopic (exact) mass is 376 g/mol. The lowest BCUT2D eigenvalue weighted by molar-refractivity contribution is -0.127. The van der Waals surface area contributed by atoms with E-state index in [0.717, 1.165) is 23.1 Å². The highest BCUT2D eigenvalue weighted by atomic mass is 32.2. The SMILES string of the molecule is CCn1c(SCC(=O)N(C)Cc2ccc(SC)cc2)nnc1C1CC1. The minimum atomic E-state index is 0.109. The fourth-order valence-electron chi connectivity index (χ4n) is 2.68. The molecule has 5 nitrogen and oxygen atoms in total. The van der Waals surface area contributed by atoms with Crippen LogP contribution >= 0.6 is 23.5 Å². The maximum atomic E-state index is 12.4. The Bertz CT molecular complexity index is 725. The number of carbonyl (C=O) groups is 1. The smallest absolute Gasteiger partial charge is 0.233 e. The third-order valence-electron chi connectivity index (χ3n) is 4.33. The van der Waals surface area contributed by atoms with E-state index >= 15 is 0 Å². The van der Waals surface area contributed by atoms with Crippen LogP contribution < -0.4 is 0 Å². The standard InChI is InChI=1S/C18H24N4OS2/c1-4-22-17(14-7-8-14)19-20-18(22)25-12-16(23)21(2)11-13-5-9-15(24-3)10-6-13/h5-6,9-10,14H,4,7-8,11-12H2,1-3H3. The van der Waals surface area contributed by atoms with Gasteiger partial charge in [0, 0.05) is 31.0 Å². The van der Waals surface area contributed by atoms with Gasteiger partial charge in [-0.15, -0.1) is 22.0 Å². The molecule has 0 bridgehead atoms. The number of thioether (sulfide) groups is 2. The Kier molecular flexibility index (Phi) is 6.06. The highest BCUT2D eigenvalue weighted by molar-refractivity contribution is 7.99. The summed E-state index contributed by atoms with van der Waals surface area (Å²) in [4.78, 5) is 15.4. The van der Waals surface area contributed by atoms with Gasteiger partial charge in [0.05, 0.1) is 5.75 Å². The summed E-state index contributed by atoms with van der Waals surface area (Å²) in [7, 11) is 1.85. The van der Waals surface area contributed by atoms with Crippen LogP contribution in [0.5, 0.6) is 0 Å². The molecule has 1 aromatic carbocycles. The van der Waals surface area contributed by atoms with Crippen molar-refractivity contribution in [3.05, 3.63) is 35.7 Å². The zero-order chi connectivity index (χ0) is 17.8. The van der Waals surface area contributed by atoms with Gasteiger partial charge < -0.3 is 9.47 Å². The molecular weight excluding hydrogens is 352 g/mol. The summed E-state index contributed by atoms with van der Waals surface area (Å²) in [6.45, 7) is 3.58. The summed E-state index contributed by atoms with van der Waals surface area (Å²) in [5.41, 5.74) is 1.14. The lowest BCUT2D eigenvalue weighted by atomic mass is 10.2. The number of carbonyl (C=O) groups excluding carboxylic acids is 1. The van der Waals surface area contributed by atoms with Crippen LogP contribution in [-0.2, 0) is 17.9 Å². The van der Waals surface area contributed by atoms with Crippen molar-refractivity contribution in [2.24, 2.45) is 0 Å². The topological polar surface area (TPSA) is 51.0 Å². The van der Waals surface area contributed by atoms with Gasteiger partial charge in [-0.3, -0.25) is 4.79 Å². The first-order valence-corrected chi connectivity index (χ1v) is 10.8. The summed E-state index contributed by atoms with van der Waals surface area (Å²) in [5, 5.41) is 9.46. The van der Waals surface area contributed by atoms with Gasteiger partial charge in [-0.1, -0.05) is 23.9 Å². The molecule has 7 heteroatoms. The van der Waals surface area contributed by atoms with Gasteiger partial charge >= 0.3 is 0 Å². The van der Waals surface area contributed by atoms with Crippen LogP contribution in [0.3, 0.4) is 0 Å². The third kappa shape index (κ3) is 4.58. The molecule has 1 aliphatic rings. The average molecular weight is 377 g/mol. The van der Waals surface area contributed by atoms with E-state index < -0.39 is 0 Å². The van der Waals surface area contributed by atoms with Gasteiger partial charge in [-0.05, 0) is 43.7 Å². The Hall–Kier alpha value is -1.47. The van der Waals surface area contributed by atoms with Crippen molar-refractivity contribution in [3.63, 3.8) is 0 Å². The van der Waals surface area contributed by atoms with E-state index in [-0.39, 0.29) is 5.91 Å². The predicted molar refractivity (Wildman–Crippen MR) is 103 cm³/mol. The van der Waals surface area contributed by atoms with Crippen molar-refractivity contribution < 1.29 is 4.79 Å². The van der Waals surface area contributed by atoms with Gasteiger partial charge in [-0.2, -0.15) is 0 Å². The molecule has 2 aromatic rings. The largest absolute Gasteiger partial charge is 0.341 e. The summed E-state index contributed by atoms with van der Waals surface area (Å²) < 4.78 is 2.15. The van der Waals surface area contributed by atoms with Crippen molar-refractivity contribution in [2.75, 3.05) is 19.1 Å². The summed E-state index contributed by atoms with van der Waals surface area (Å²) >= 11 is 3.21. The fourth-order valence-corrected chi connectivity index (χ4v) is 4.04. The van der Waals surface area contributed by atoms with E-state index in [1.807, 2.05) is 7.05 Å². The minimum absolute atomic E-state index is 0.109. The van der Waals surface area contributed by atoms with Gasteiger partial charge in [0.1, 0.15) is 5.82 Å². The molecule has 0 saturated heterocycles. The quantitative estimate of drug-likeness (QED) is 0.658. The highest BCUT2D eigenvalue weighted by Gasteiger charge is 2.30. The van der Waals surface area contributed by atoms with Crippen LogP contribution in [-0.4, -0.2) is 44.6 Å². The Morgan fingerprint density at radius 2 is 2.00 bits per heavy atom. The van der Waals surface area contributed by atoms with Crippen molar-refractivity contribution in [2.45, 2.75) is 48.8 Å². The summed E-state index contributed by atoms with van der Waals surface area (Å²) in [6.07, 6.45) is 4.48. The molecule has 3 rings (SSSR count).